The molecule has 0 aromatic carbocycles. The topological polar surface area (TPSA) is 43.4 Å². The van der Waals surface area contributed by atoms with E-state index in [4.69, 9.17) is 4.74 Å². The lowest BCUT2D eigenvalue weighted by atomic mass is 10.1. The number of hydrogen-bond acceptors (Lipinski definition) is 3. The van der Waals surface area contributed by atoms with Gasteiger partial charge in [-0.05, 0) is 19.3 Å². The zero-order valence-electron chi connectivity index (χ0n) is 9.08. The first-order chi connectivity index (χ1) is 6.56. The van der Waals surface area contributed by atoms with Crippen LogP contribution in [0.25, 0.3) is 0 Å². The Hall–Kier alpha value is -1.12. The van der Waals surface area contributed by atoms with Crippen LogP contribution < -0.4 is 0 Å². The van der Waals surface area contributed by atoms with E-state index >= 15 is 0 Å². The summed E-state index contributed by atoms with van der Waals surface area (Å²) in [4.78, 5) is 22.0. The van der Waals surface area contributed by atoms with E-state index in [1.165, 1.54) is 6.08 Å². The third-order valence-electron chi connectivity index (χ3n) is 1.68. The van der Waals surface area contributed by atoms with Crippen molar-refractivity contribution in [2.75, 3.05) is 6.61 Å². The van der Waals surface area contributed by atoms with E-state index in [0.29, 0.717) is 12.3 Å². The lowest BCUT2D eigenvalue weighted by molar-refractivity contribution is -0.143. The van der Waals surface area contributed by atoms with E-state index in [1.807, 2.05) is 0 Å². The Kier molecular flexibility index (Phi) is 6.72. The van der Waals surface area contributed by atoms with Gasteiger partial charge in [0.05, 0.1) is 0 Å². The Morgan fingerprint density at radius 3 is 2.50 bits per heavy atom. The van der Waals surface area contributed by atoms with Crippen LogP contribution in [0.15, 0.2) is 12.2 Å². The van der Waals surface area contributed by atoms with Gasteiger partial charge in [0.1, 0.15) is 6.61 Å². The fraction of sp³-hybridized carbons (Fsp3) is 0.636. The summed E-state index contributed by atoms with van der Waals surface area (Å²) in [5.74, 6) is 0.0344. The Morgan fingerprint density at radius 2 is 2.00 bits per heavy atom. The molecular weight excluding hydrogens is 180 g/mol. The Bertz CT molecular complexity index is 217. The van der Waals surface area contributed by atoms with Gasteiger partial charge in [0.2, 0.25) is 0 Å². The van der Waals surface area contributed by atoms with Crippen LogP contribution in [0.4, 0.5) is 0 Å². The third-order valence-corrected chi connectivity index (χ3v) is 1.68. The van der Waals surface area contributed by atoms with E-state index < -0.39 is 5.97 Å². The maximum atomic E-state index is 11.2. The molecule has 0 fully saturated rings. The molecule has 80 valence electrons. The van der Waals surface area contributed by atoms with Crippen molar-refractivity contribution < 1.29 is 14.3 Å². The highest BCUT2D eigenvalue weighted by molar-refractivity contribution is 5.86. The van der Waals surface area contributed by atoms with Crippen molar-refractivity contribution in [2.24, 2.45) is 5.92 Å². The molecule has 0 atom stereocenters. The minimum atomic E-state index is -0.453. The minimum Gasteiger partial charge on any atom is -0.455 e. The van der Waals surface area contributed by atoms with Crippen molar-refractivity contribution in [1.29, 1.82) is 0 Å². The predicted molar refractivity (Wildman–Crippen MR) is 54.9 cm³/mol. The third kappa shape index (κ3) is 7.53. The predicted octanol–water partition coefficient (Wildman–Crippen LogP) is 2.11. The van der Waals surface area contributed by atoms with Crippen molar-refractivity contribution in [3.05, 3.63) is 12.2 Å². The molecule has 0 aromatic heterocycles. The molecule has 0 aliphatic carbocycles. The standard InChI is InChI=1S/C11H18O3/c1-4-5-11(13)14-8-10(12)7-6-9(2)3/h4-5,9H,6-8H2,1-3H3. The van der Waals surface area contributed by atoms with Gasteiger partial charge in [-0.2, -0.15) is 0 Å². The van der Waals surface area contributed by atoms with Crippen molar-refractivity contribution in [2.45, 2.75) is 33.6 Å². The summed E-state index contributed by atoms with van der Waals surface area (Å²) < 4.78 is 4.70. The minimum absolute atomic E-state index is 0.0171. The van der Waals surface area contributed by atoms with Gasteiger partial charge < -0.3 is 4.74 Å². The number of allylic oxidation sites excluding steroid dienone is 1. The van der Waals surface area contributed by atoms with Crippen molar-refractivity contribution in [1.82, 2.24) is 0 Å². The molecule has 0 bridgehead atoms. The van der Waals surface area contributed by atoms with E-state index in [0.717, 1.165) is 6.42 Å². The number of Topliss-reactive ketones (excluding diaryl/α,β-unsaturated/α-hetero) is 1. The monoisotopic (exact) mass is 198 g/mol. The zero-order valence-corrected chi connectivity index (χ0v) is 9.08. The Balaban J connectivity index is 3.59. The summed E-state index contributed by atoms with van der Waals surface area (Å²) in [6.45, 7) is 5.73. The lowest BCUT2D eigenvalue weighted by Gasteiger charge is -2.03. The van der Waals surface area contributed by atoms with E-state index in [2.05, 4.69) is 13.8 Å². The molecule has 0 amide bonds. The van der Waals surface area contributed by atoms with E-state index in [9.17, 15) is 9.59 Å². The molecule has 0 unspecified atom stereocenters. The molecule has 0 aliphatic heterocycles. The van der Waals surface area contributed by atoms with Crippen LogP contribution in [0.2, 0.25) is 0 Å². The molecule has 0 heterocycles. The summed E-state index contributed by atoms with van der Waals surface area (Å²) in [5, 5.41) is 0. The van der Waals surface area contributed by atoms with Crippen LogP contribution in [0.1, 0.15) is 33.6 Å². The summed E-state index contributed by atoms with van der Waals surface area (Å²) in [5.41, 5.74) is 0. The number of ketones is 1. The molecule has 0 saturated carbocycles. The van der Waals surface area contributed by atoms with Gasteiger partial charge in [0.15, 0.2) is 5.78 Å². The summed E-state index contributed by atoms with van der Waals surface area (Å²) >= 11 is 0. The fourth-order valence-corrected chi connectivity index (χ4v) is 0.858. The molecule has 14 heavy (non-hydrogen) atoms. The summed E-state index contributed by atoms with van der Waals surface area (Å²) in [6.07, 6.45) is 4.22. The highest BCUT2D eigenvalue weighted by Crippen LogP contribution is 2.03. The zero-order chi connectivity index (χ0) is 11.0. The lowest BCUT2D eigenvalue weighted by Crippen LogP contribution is -2.12. The second-order valence-electron chi connectivity index (χ2n) is 3.58. The van der Waals surface area contributed by atoms with Crippen LogP contribution in [-0.4, -0.2) is 18.4 Å². The SMILES string of the molecule is CC=CC(=O)OCC(=O)CCC(C)C. The number of rotatable bonds is 6. The molecule has 0 aliphatic rings. The first kappa shape index (κ1) is 12.9. The molecular formula is C11H18O3. The number of carbonyl (C=O) groups is 2. The van der Waals surface area contributed by atoms with Gasteiger partial charge in [0.25, 0.3) is 0 Å². The molecule has 0 aromatic rings. The van der Waals surface area contributed by atoms with Crippen molar-refractivity contribution >= 4 is 11.8 Å². The molecule has 3 nitrogen and oxygen atoms in total. The van der Waals surface area contributed by atoms with Gasteiger partial charge in [-0.1, -0.05) is 19.9 Å². The molecule has 0 radical (unpaired) electrons. The molecule has 0 N–H and O–H groups in total. The average molecular weight is 198 g/mol. The summed E-state index contributed by atoms with van der Waals surface area (Å²) in [7, 11) is 0. The summed E-state index contributed by atoms with van der Waals surface area (Å²) in [6, 6.07) is 0. The highest BCUT2D eigenvalue weighted by atomic mass is 16.5. The van der Waals surface area contributed by atoms with Crippen molar-refractivity contribution in [3.8, 4) is 0 Å². The van der Waals surface area contributed by atoms with Crippen LogP contribution >= 0.6 is 0 Å². The van der Waals surface area contributed by atoms with Gasteiger partial charge in [0, 0.05) is 12.5 Å². The molecule has 0 spiro atoms. The van der Waals surface area contributed by atoms with Gasteiger partial charge >= 0.3 is 5.97 Å². The van der Waals surface area contributed by atoms with Gasteiger partial charge in [-0.15, -0.1) is 0 Å². The normalized spacial score (nSPS) is 10.9. The smallest absolute Gasteiger partial charge is 0.330 e. The number of esters is 1. The molecule has 0 saturated heterocycles. The maximum Gasteiger partial charge on any atom is 0.330 e. The fourth-order valence-electron chi connectivity index (χ4n) is 0.858. The van der Waals surface area contributed by atoms with E-state index in [-0.39, 0.29) is 12.4 Å². The van der Waals surface area contributed by atoms with Crippen LogP contribution in [0.5, 0.6) is 0 Å². The van der Waals surface area contributed by atoms with Crippen molar-refractivity contribution in [3.63, 3.8) is 0 Å². The van der Waals surface area contributed by atoms with Crippen LogP contribution in [0, 0.1) is 5.92 Å². The van der Waals surface area contributed by atoms with E-state index in [1.54, 1.807) is 13.0 Å². The Morgan fingerprint density at radius 1 is 1.36 bits per heavy atom. The number of ether oxygens (including phenoxy) is 1. The number of hydrogen-bond donors (Lipinski definition) is 0. The average Bonchev–Trinajstić information content (AvgIpc) is 2.12. The molecule has 0 rings (SSSR count). The largest absolute Gasteiger partial charge is 0.455 e. The molecule has 3 heteroatoms. The second kappa shape index (κ2) is 7.30. The number of carbonyl (C=O) groups excluding carboxylic acids is 2. The first-order valence-corrected chi connectivity index (χ1v) is 4.87. The first-order valence-electron chi connectivity index (χ1n) is 4.87. The quantitative estimate of drug-likeness (QED) is 0.485. The van der Waals surface area contributed by atoms with Crippen LogP contribution in [0.3, 0.4) is 0 Å². The second-order valence-corrected chi connectivity index (χ2v) is 3.58. The van der Waals surface area contributed by atoms with Gasteiger partial charge in [-0.3, -0.25) is 4.79 Å². The highest BCUT2D eigenvalue weighted by Gasteiger charge is 2.05. The maximum absolute atomic E-state index is 11.2. The van der Waals surface area contributed by atoms with Crippen LogP contribution in [-0.2, 0) is 14.3 Å². The Labute approximate surface area is 85.1 Å². The van der Waals surface area contributed by atoms with Gasteiger partial charge in [-0.25, -0.2) is 4.79 Å².